The molecule has 0 bridgehead atoms. The summed E-state index contributed by atoms with van der Waals surface area (Å²) in [4.78, 5) is 4.76. The second kappa shape index (κ2) is 7.03. The van der Waals surface area contributed by atoms with Crippen LogP contribution in [-0.4, -0.2) is 7.11 Å². The molecule has 0 aliphatic carbocycles. The van der Waals surface area contributed by atoms with Gasteiger partial charge in [-0.1, -0.05) is 36.4 Å². The number of nitrogens with one attached hydrogen (secondary N) is 1. The van der Waals surface area contributed by atoms with E-state index in [1.165, 1.54) is 13.2 Å². The highest BCUT2D eigenvalue weighted by Gasteiger charge is 2.10. The van der Waals surface area contributed by atoms with Crippen LogP contribution in [0.2, 0.25) is 0 Å². The van der Waals surface area contributed by atoms with E-state index in [4.69, 9.17) is 9.57 Å². The van der Waals surface area contributed by atoms with Gasteiger partial charge in [-0.15, -0.1) is 0 Å². The maximum Gasteiger partial charge on any atom is 0.165 e. The number of halogens is 1. The normalized spacial score (nSPS) is 10.6. The van der Waals surface area contributed by atoms with E-state index in [0.717, 1.165) is 16.7 Å². The lowest BCUT2D eigenvalue weighted by Gasteiger charge is -2.12. The highest BCUT2D eigenvalue weighted by Crippen LogP contribution is 2.25. The average molecular weight is 275 g/mol. The molecular formula is C16H18FNO2. The highest BCUT2D eigenvalue weighted by atomic mass is 19.1. The van der Waals surface area contributed by atoms with Gasteiger partial charge in [-0.05, 0) is 29.7 Å². The average Bonchev–Trinajstić information content (AvgIpc) is 2.45. The minimum Gasteiger partial charge on any atom is -0.486 e. The fourth-order valence-electron chi connectivity index (χ4n) is 1.97. The Kier molecular flexibility index (Phi) is 5.09. The second-order valence-corrected chi connectivity index (χ2v) is 4.52. The summed E-state index contributed by atoms with van der Waals surface area (Å²) in [6.07, 6.45) is 0. The molecule has 2 aromatic carbocycles. The summed E-state index contributed by atoms with van der Waals surface area (Å²) in [6, 6.07) is 13.0. The van der Waals surface area contributed by atoms with Gasteiger partial charge >= 0.3 is 0 Å². The SMILES string of the molecule is CONCc1cc(C)c(OCc2ccccc2)c(F)c1. The van der Waals surface area contributed by atoms with Gasteiger partial charge in [0, 0.05) is 6.54 Å². The number of hydrogen-bond donors (Lipinski definition) is 1. The largest absolute Gasteiger partial charge is 0.486 e. The van der Waals surface area contributed by atoms with Crippen molar-refractivity contribution >= 4 is 0 Å². The molecule has 0 fully saturated rings. The van der Waals surface area contributed by atoms with Crippen LogP contribution >= 0.6 is 0 Å². The standard InChI is InChI=1S/C16H18FNO2/c1-12-8-14(10-18-19-2)9-15(17)16(12)20-11-13-6-4-3-5-7-13/h3-9,18H,10-11H2,1-2H3. The first-order chi connectivity index (χ1) is 9.70. The summed E-state index contributed by atoms with van der Waals surface area (Å²) in [7, 11) is 1.53. The van der Waals surface area contributed by atoms with Gasteiger partial charge in [-0.3, -0.25) is 0 Å². The molecule has 0 spiro atoms. The molecule has 4 heteroatoms. The van der Waals surface area contributed by atoms with Crippen molar-refractivity contribution in [2.75, 3.05) is 7.11 Å². The van der Waals surface area contributed by atoms with Crippen molar-refractivity contribution < 1.29 is 14.0 Å². The highest BCUT2D eigenvalue weighted by molar-refractivity contribution is 5.38. The van der Waals surface area contributed by atoms with Crippen LogP contribution in [0.1, 0.15) is 16.7 Å². The maximum absolute atomic E-state index is 14.0. The van der Waals surface area contributed by atoms with E-state index < -0.39 is 0 Å². The number of rotatable bonds is 6. The van der Waals surface area contributed by atoms with Gasteiger partial charge in [0.15, 0.2) is 11.6 Å². The molecule has 0 heterocycles. The third kappa shape index (κ3) is 3.79. The van der Waals surface area contributed by atoms with Crippen molar-refractivity contribution in [3.63, 3.8) is 0 Å². The number of aryl methyl sites for hydroxylation is 1. The summed E-state index contributed by atoms with van der Waals surface area (Å²) < 4.78 is 19.6. The van der Waals surface area contributed by atoms with E-state index in [1.54, 1.807) is 0 Å². The monoisotopic (exact) mass is 275 g/mol. The van der Waals surface area contributed by atoms with E-state index in [-0.39, 0.29) is 5.82 Å². The summed E-state index contributed by atoms with van der Waals surface area (Å²) in [5.74, 6) is -0.0520. The maximum atomic E-state index is 14.0. The van der Waals surface area contributed by atoms with Crippen LogP contribution in [0.5, 0.6) is 5.75 Å². The molecular weight excluding hydrogens is 257 g/mol. The number of hydrogen-bond acceptors (Lipinski definition) is 3. The van der Waals surface area contributed by atoms with Gasteiger partial charge in [-0.2, -0.15) is 5.48 Å². The van der Waals surface area contributed by atoms with E-state index in [1.807, 2.05) is 43.3 Å². The Morgan fingerprint density at radius 3 is 2.50 bits per heavy atom. The Balaban J connectivity index is 2.08. The summed E-state index contributed by atoms with van der Waals surface area (Å²) in [5, 5.41) is 0. The van der Waals surface area contributed by atoms with Crippen molar-refractivity contribution in [2.45, 2.75) is 20.1 Å². The fraction of sp³-hybridized carbons (Fsp3) is 0.250. The van der Waals surface area contributed by atoms with Gasteiger partial charge in [0.25, 0.3) is 0 Å². The summed E-state index contributed by atoms with van der Waals surface area (Å²) in [5.41, 5.74) is 5.29. The second-order valence-electron chi connectivity index (χ2n) is 4.52. The van der Waals surface area contributed by atoms with Crippen LogP contribution in [0.15, 0.2) is 42.5 Å². The fourth-order valence-corrected chi connectivity index (χ4v) is 1.97. The van der Waals surface area contributed by atoms with E-state index >= 15 is 0 Å². The molecule has 0 atom stereocenters. The molecule has 20 heavy (non-hydrogen) atoms. The quantitative estimate of drug-likeness (QED) is 0.820. The Bertz CT molecular complexity index is 535. The Hall–Kier alpha value is -1.91. The zero-order chi connectivity index (χ0) is 14.4. The predicted molar refractivity (Wildman–Crippen MR) is 75.8 cm³/mol. The lowest BCUT2D eigenvalue weighted by Crippen LogP contribution is -2.11. The topological polar surface area (TPSA) is 30.5 Å². The van der Waals surface area contributed by atoms with Gasteiger partial charge in [0.2, 0.25) is 0 Å². The van der Waals surface area contributed by atoms with Crippen molar-refractivity contribution in [3.05, 3.63) is 65.0 Å². The predicted octanol–water partition coefficient (Wildman–Crippen LogP) is 3.36. The van der Waals surface area contributed by atoms with Crippen LogP contribution < -0.4 is 10.2 Å². The van der Waals surface area contributed by atoms with Crippen LogP contribution in [0, 0.1) is 12.7 Å². The van der Waals surface area contributed by atoms with Crippen molar-refractivity contribution in [2.24, 2.45) is 0 Å². The molecule has 0 saturated carbocycles. The zero-order valence-corrected chi connectivity index (χ0v) is 11.7. The van der Waals surface area contributed by atoms with Crippen LogP contribution in [0.3, 0.4) is 0 Å². The summed E-state index contributed by atoms with van der Waals surface area (Å²) in [6.45, 7) is 2.64. The molecule has 3 nitrogen and oxygen atoms in total. The molecule has 0 aliphatic heterocycles. The summed E-state index contributed by atoms with van der Waals surface area (Å²) >= 11 is 0. The number of ether oxygens (including phenoxy) is 1. The first-order valence-electron chi connectivity index (χ1n) is 6.42. The minimum absolute atomic E-state index is 0.301. The minimum atomic E-state index is -0.353. The Labute approximate surface area is 118 Å². The van der Waals surface area contributed by atoms with Gasteiger partial charge in [0.05, 0.1) is 7.11 Å². The van der Waals surface area contributed by atoms with E-state index in [0.29, 0.717) is 18.9 Å². The first-order valence-corrected chi connectivity index (χ1v) is 6.42. The van der Waals surface area contributed by atoms with E-state index in [2.05, 4.69) is 5.48 Å². The Morgan fingerprint density at radius 1 is 1.10 bits per heavy atom. The molecule has 2 rings (SSSR count). The van der Waals surface area contributed by atoms with Gasteiger partial charge < -0.3 is 9.57 Å². The Morgan fingerprint density at radius 2 is 1.85 bits per heavy atom. The van der Waals surface area contributed by atoms with Gasteiger partial charge in [-0.25, -0.2) is 4.39 Å². The third-order valence-corrected chi connectivity index (χ3v) is 2.94. The molecule has 0 amide bonds. The number of hydroxylamine groups is 1. The lowest BCUT2D eigenvalue weighted by atomic mass is 10.1. The van der Waals surface area contributed by atoms with Gasteiger partial charge in [0.1, 0.15) is 6.61 Å². The van der Waals surface area contributed by atoms with Crippen molar-refractivity contribution in [1.29, 1.82) is 0 Å². The molecule has 106 valence electrons. The molecule has 0 saturated heterocycles. The molecule has 0 aliphatic rings. The third-order valence-electron chi connectivity index (χ3n) is 2.94. The van der Waals surface area contributed by atoms with Crippen LogP contribution in [0.4, 0.5) is 4.39 Å². The lowest BCUT2D eigenvalue weighted by molar-refractivity contribution is 0.0866. The molecule has 1 N–H and O–H groups in total. The molecule has 2 aromatic rings. The van der Waals surface area contributed by atoms with E-state index in [9.17, 15) is 4.39 Å². The first kappa shape index (κ1) is 14.5. The number of benzene rings is 2. The molecule has 0 radical (unpaired) electrons. The zero-order valence-electron chi connectivity index (χ0n) is 11.7. The van der Waals surface area contributed by atoms with Crippen LogP contribution in [0.25, 0.3) is 0 Å². The van der Waals surface area contributed by atoms with Crippen LogP contribution in [-0.2, 0) is 18.0 Å². The molecule has 0 unspecified atom stereocenters. The smallest absolute Gasteiger partial charge is 0.165 e. The van der Waals surface area contributed by atoms with Crippen molar-refractivity contribution in [3.8, 4) is 5.75 Å². The molecule has 0 aromatic heterocycles. The van der Waals surface area contributed by atoms with Crippen molar-refractivity contribution in [1.82, 2.24) is 5.48 Å².